The second kappa shape index (κ2) is 7.20. The van der Waals surface area contributed by atoms with Gasteiger partial charge in [-0.15, -0.1) is 0 Å². The number of ether oxygens (including phenoxy) is 2. The molecule has 128 valence electrons. The number of rotatable bonds is 3. The van der Waals surface area contributed by atoms with Crippen molar-refractivity contribution in [2.45, 2.75) is 31.5 Å². The lowest BCUT2D eigenvalue weighted by Crippen LogP contribution is -2.58. The van der Waals surface area contributed by atoms with Crippen LogP contribution in [0.25, 0.3) is 0 Å². The predicted molar refractivity (Wildman–Crippen MR) is 88.5 cm³/mol. The number of carbonyl (C=O) groups is 1. The van der Waals surface area contributed by atoms with Crippen LogP contribution >= 0.6 is 0 Å². The fourth-order valence-corrected chi connectivity index (χ4v) is 3.36. The summed E-state index contributed by atoms with van der Waals surface area (Å²) in [5.41, 5.74) is 1.34. The van der Waals surface area contributed by atoms with Gasteiger partial charge in [-0.2, -0.15) is 5.26 Å². The summed E-state index contributed by atoms with van der Waals surface area (Å²) in [4.78, 5) is 14.2. The van der Waals surface area contributed by atoms with E-state index in [1.807, 2.05) is 30.0 Å². The molecule has 1 aromatic rings. The Hall–Kier alpha value is -2.10. The third kappa shape index (κ3) is 3.53. The standard InChI is InChI=1S/C18H23N3O3/c1-14-18(6-9-23-14)13-21(8-10-24-18)17(22)20-7-5-15-3-2-4-16(11-15)12-19/h2-4,11,14H,5-10,13H2,1H3,(H,20,22)/t14-,18-/m0/s1. The van der Waals surface area contributed by atoms with Crippen LogP contribution in [0.4, 0.5) is 4.79 Å². The van der Waals surface area contributed by atoms with Crippen LogP contribution in [0.2, 0.25) is 0 Å². The zero-order valence-corrected chi connectivity index (χ0v) is 14.0. The monoisotopic (exact) mass is 329 g/mol. The second-order valence-corrected chi connectivity index (χ2v) is 6.39. The van der Waals surface area contributed by atoms with Crippen LogP contribution in [0.1, 0.15) is 24.5 Å². The summed E-state index contributed by atoms with van der Waals surface area (Å²) in [7, 11) is 0. The zero-order valence-electron chi connectivity index (χ0n) is 14.0. The molecule has 0 bridgehead atoms. The average molecular weight is 329 g/mol. The molecule has 0 aromatic heterocycles. The minimum absolute atomic E-state index is 0.0156. The molecule has 0 saturated carbocycles. The molecule has 2 amide bonds. The van der Waals surface area contributed by atoms with Crippen LogP contribution in [0.5, 0.6) is 0 Å². The van der Waals surface area contributed by atoms with Crippen molar-refractivity contribution in [3.05, 3.63) is 35.4 Å². The highest BCUT2D eigenvalue weighted by atomic mass is 16.6. The summed E-state index contributed by atoms with van der Waals surface area (Å²) in [5, 5.41) is 11.9. The number of carbonyl (C=O) groups excluding carboxylic acids is 1. The number of hydrogen-bond donors (Lipinski definition) is 1. The molecule has 0 radical (unpaired) electrons. The first-order valence-electron chi connectivity index (χ1n) is 8.40. The number of nitrogens with one attached hydrogen (secondary N) is 1. The molecule has 2 heterocycles. The fraction of sp³-hybridized carbons (Fsp3) is 0.556. The predicted octanol–water partition coefficient (Wildman–Crippen LogP) is 1.69. The average Bonchev–Trinajstić information content (AvgIpc) is 2.95. The van der Waals surface area contributed by atoms with Crippen LogP contribution in [-0.2, 0) is 15.9 Å². The van der Waals surface area contributed by atoms with Gasteiger partial charge in [0.1, 0.15) is 5.60 Å². The largest absolute Gasteiger partial charge is 0.375 e. The Morgan fingerprint density at radius 3 is 3.12 bits per heavy atom. The van der Waals surface area contributed by atoms with Crippen LogP contribution in [0.15, 0.2) is 24.3 Å². The van der Waals surface area contributed by atoms with Gasteiger partial charge < -0.3 is 19.7 Å². The molecule has 6 heteroatoms. The number of urea groups is 1. The number of nitriles is 1. The highest BCUT2D eigenvalue weighted by molar-refractivity contribution is 5.74. The van der Waals surface area contributed by atoms with E-state index in [0.717, 1.165) is 12.0 Å². The van der Waals surface area contributed by atoms with Crippen molar-refractivity contribution < 1.29 is 14.3 Å². The molecular weight excluding hydrogens is 306 g/mol. The van der Waals surface area contributed by atoms with E-state index in [0.29, 0.717) is 44.8 Å². The molecule has 1 spiro atoms. The molecular formula is C18H23N3O3. The Kier molecular flexibility index (Phi) is 5.03. The van der Waals surface area contributed by atoms with Crippen LogP contribution < -0.4 is 5.32 Å². The van der Waals surface area contributed by atoms with E-state index < -0.39 is 0 Å². The third-order valence-electron chi connectivity index (χ3n) is 4.88. The Morgan fingerprint density at radius 1 is 1.50 bits per heavy atom. The van der Waals surface area contributed by atoms with Crippen molar-refractivity contribution in [1.82, 2.24) is 10.2 Å². The topological polar surface area (TPSA) is 74.6 Å². The highest BCUT2D eigenvalue weighted by Crippen LogP contribution is 2.32. The first kappa shape index (κ1) is 16.7. The number of nitrogens with zero attached hydrogens (tertiary/aromatic N) is 2. The second-order valence-electron chi connectivity index (χ2n) is 6.39. The lowest BCUT2D eigenvalue weighted by Gasteiger charge is -2.41. The molecule has 2 saturated heterocycles. The number of morpholine rings is 1. The smallest absolute Gasteiger partial charge is 0.317 e. The summed E-state index contributed by atoms with van der Waals surface area (Å²) >= 11 is 0. The van der Waals surface area contributed by atoms with Gasteiger partial charge in [-0.3, -0.25) is 0 Å². The molecule has 2 atom stereocenters. The Morgan fingerprint density at radius 2 is 2.38 bits per heavy atom. The SMILES string of the molecule is C[C@@H]1OCC[C@]12CN(C(=O)NCCc1cccc(C#N)c1)CCO2. The van der Waals surface area contributed by atoms with Gasteiger partial charge in [-0.05, 0) is 31.0 Å². The number of benzene rings is 1. The fourth-order valence-electron chi connectivity index (χ4n) is 3.36. The van der Waals surface area contributed by atoms with Crippen LogP contribution in [-0.4, -0.2) is 55.5 Å². The minimum atomic E-state index is -0.350. The van der Waals surface area contributed by atoms with Crippen LogP contribution in [0, 0.1) is 11.3 Å². The maximum Gasteiger partial charge on any atom is 0.317 e. The van der Waals surface area contributed by atoms with Gasteiger partial charge in [-0.1, -0.05) is 12.1 Å². The number of hydrogen-bond acceptors (Lipinski definition) is 4. The molecule has 2 aliphatic rings. The van der Waals surface area contributed by atoms with E-state index in [4.69, 9.17) is 14.7 Å². The lowest BCUT2D eigenvalue weighted by molar-refractivity contribution is -0.125. The summed E-state index contributed by atoms with van der Waals surface area (Å²) in [6.45, 7) is 4.96. The van der Waals surface area contributed by atoms with Gasteiger partial charge >= 0.3 is 6.03 Å². The van der Waals surface area contributed by atoms with Crippen molar-refractivity contribution in [3.8, 4) is 6.07 Å². The van der Waals surface area contributed by atoms with Crippen molar-refractivity contribution in [3.63, 3.8) is 0 Å². The van der Waals surface area contributed by atoms with E-state index in [2.05, 4.69) is 11.4 Å². The number of amides is 2. The normalized spacial score (nSPS) is 26.3. The van der Waals surface area contributed by atoms with Gasteiger partial charge in [0.2, 0.25) is 0 Å². The van der Waals surface area contributed by atoms with Crippen molar-refractivity contribution in [1.29, 1.82) is 5.26 Å². The van der Waals surface area contributed by atoms with Gasteiger partial charge in [0, 0.05) is 26.1 Å². The van der Waals surface area contributed by atoms with Gasteiger partial charge in [0.05, 0.1) is 30.9 Å². The quantitative estimate of drug-likeness (QED) is 0.916. The molecule has 6 nitrogen and oxygen atoms in total. The first-order chi connectivity index (χ1) is 11.6. The van der Waals surface area contributed by atoms with Gasteiger partial charge in [0.15, 0.2) is 0 Å². The van der Waals surface area contributed by atoms with E-state index in [-0.39, 0.29) is 17.7 Å². The van der Waals surface area contributed by atoms with Crippen LogP contribution in [0.3, 0.4) is 0 Å². The van der Waals surface area contributed by atoms with Gasteiger partial charge in [-0.25, -0.2) is 4.79 Å². The molecule has 1 N–H and O–H groups in total. The first-order valence-corrected chi connectivity index (χ1v) is 8.40. The highest BCUT2D eigenvalue weighted by Gasteiger charge is 2.46. The Bertz CT molecular complexity index is 643. The summed E-state index contributed by atoms with van der Waals surface area (Å²) in [6, 6.07) is 9.53. The summed E-state index contributed by atoms with van der Waals surface area (Å²) < 4.78 is 11.6. The summed E-state index contributed by atoms with van der Waals surface area (Å²) in [6.07, 6.45) is 1.55. The van der Waals surface area contributed by atoms with Crippen molar-refractivity contribution >= 4 is 6.03 Å². The Labute approximate surface area is 142 Å². The minimum Gasteiger partial charge on any atom is -0.375 e. The molecule has 0 aliphatic carbocycles. The van der Waals surface area contributed by atoms with Crippen molar-refractivity contribution in [2.75, 3.05) is 32.8 Å². The lowest BCUT2D eigenvalue weighted by atomic mass is 9.94. The molecule has 24 heavy (non-hydrogen) atoms. The maximum absolute atomic E-state index is 12.4. The molecule has 2 fully saturated rings. The maximum atomic E-state index is 12.4. The Balaban J connectivity index is 1.51. The molecule has 3 rings (SSSR count). The zero-order chi connectivity index (χ0) is 17.0. The molecule has 0 unspecified atom stereocenters. The third-order valence-corrected chi connectivity index (χ3v) is 4.88. The summed E-state index contributed by atoms with van der Waals surface area (Å²) in [5.74, 6) is 0. The molecule has 2 aliphatic heterocycles. The molecule has 1 aromatic carbocycles. The van der Waals surface area contributed by atoms with Crippen molar-refractivity contribution in [2.24, 2.45) is 0 Å². The van der Waals surface area contributed by atoms with E-state index in [9.17, 15) is 4.79 Å². The van der Waals surface area contributed by atoms with E-state index in [1.54, 1.807) is 6.07 Å². The van der Waals surface area contributed by atoms with E-state index in [1.165, 1.54) is 0 Å². The van der Waals surface area contributed by atoms with E-state index >= 15 is 0 Å². The van der Waals surface area contributed by atoms with Gasteiger partial charge in [0.25, 0.3) is 0 Å².